The summed E-state index contributed by atoms with van der Waals surface area (Å²) >= 11 is 1.47. The number of carbonyl (C=O) groups is 2. The van der Waals surface area contributed by atoms with Gasteiger partial charge < -0.3 is 28.8 Å². The lowest BCUT2D eigenvalue weighted by molar-refractivity contribution is -0.137. The van der Waals surface area contributed by atoms with E-state index in [4.69, 9.17) is 18.6 Å². The SMILES string of the molecule is COCCOCCOCC(=O)N1CCC(c2nc(C(=O)Nc3cc(-c4ccco4)[nH]n3)cs2)CC1. The van der Waals surface area contributed by atoms with Crippen LogP contribution in [0.2, 0.25) is 0 Å². The van der Waals surface area contributed by atoms with Crippen molar-refractivity contribution in [1.82, 2.24) is 20.1 Å². The number of ether oxygens (including phenoxy) is 3. The minimum Gasteiger partial charge on any atom is -0.463 e. The van der Waals surface area contributed by atoms with E-state index in [1.165, 1.54) is 11.3 Å². The van der Waals surface area contributed by atoms with E-state index < -0.39 is 0 Å². The molecular weight excluding hydrogens is 474 g/mol. The first-order chi connectivity index (χ1) is 17.1. The zero-order valence-electron chi connectivity index (χ0n) is 19.5. The van der Waals surface area contributed by atoms with Crippen molar-refractivity contribution in [2.24, 2.45) is 0 Å². The summed E-state index contributed by atoms with van der Waals surface area (Å²) < 4.78 is 21.0. The Hall–Kier alpha value is -3.06. The number of likely N-dealkylation sites (tertiary alicyclic amines) is 1. The van der Waals surface area contributed by atoms with Crippen LogP contribution in [0, 0.1) is 0 Å². The van der Waals surface area contributed by atoms with Crippen LogP contribution in [0.4, 0.5) is 5.82 Å². The molecule has 0 atom stereocenters. The molecule has 2 N–H and O–H groups in total. The third-order valence-corrected chi connectivity index (χ3v) is 6.59. The van der Waals surface area contributed by atoms with Crippen LogP contribution in [0.3, 0.4) is 0 Å². The van der Waals surface area contributed by atoms with Gasteiger partial charge in [-0.15, -0.1) is 11.3 Å². The molecule has 0 aromatic carbocycles. The summed E-state index contributed by atoms with van der Waals surface area (Å²) in [5.74, 6) is 0.911. The van der Waals surface area contributed by atoms with Gasteiger partial charge in [-0.25, -0.2) is 4.98 Å². The first-order valence-electron chi connectivity index (χ1n) is 11.4. The Balaban J connectivity index is 1.19. The molecule has 4 rings (SSSR count). The van der Waals surface area contributed by atoms with E-state index in [0.717, 1.165) is 17.8 Å². The minimum atomic E-state index is -0.319. The lowest BCUT2D eigenvalue weighted by Gasteiger charge is -2.31. The van der Waals surface area contributed by atoms with E-state index in [9.17, 15) is 9.59 Å². The van der Waals surface area contributed by atoms with Gasteiger partial charge in [-0.05, 0) is 25.0 Å². The summed E-state index contributed by atoms with van der Waals surface area (Å²) in [6.07, 6.45) is 3.17. The Bertz CT molecular complexity index is 1070. The monoisotopic (exact) mass is 503 g/mol. The summed E-state index contributed by atoms with van der Waals surface area (Å²) in [6, 6.07) is 5.29. The number of hydrogen-bond acceptors (Lipinski definition) is 9. The lowest BCUT2D eigenvalue weighted by atomic mass is 9.97. The second kappa shape index (κ2) is 12.6. The van der Waals surface area contributed by atoms with Crippen molar-refractivity contribution in [2.75, 3.05) is 58.6 Å². The van der Waals surface area contributed by atoms with Crippen molar-refractivity contribution in [2.45, 2.75) is 18.8 Å². The number of rotatable bonds is 12. The van der Waals surface area contributed by atoms with Crippen LogP contribution in [0.25, 0.3) is 11.5 Å². The van der Waals surface area contributed by atoms with Crippen molar-refractivity contribution in [1.29, 1.82) is 0 Å². The third-order valence-electron chi connectivity index (χ3n) is 5.59. The van der Waals surface area contributed by atoms with Gasteiger partial charge in [0.2, 0.25) is 5.91 Å². The molecule has 2 amide bonds. The molecule has 0 radical (unpaired) electrons. The molecule has 12 heteroatoms. The first kappa shape index (κ1) is 25.0. The summed E-state index contributed by atoms with van der Waals surface area (Å²) in [5, 5.41) is 12.4. The number of thiazole rings is 1. The molecule has 0 bridgehead atoms. The number of nitrogens with zero attached hydrogens (tertiary/aromatic N) is 3. The number of amides is 2. The van der Waals surface area contributed by atoms with Crippen LogP contribution in [0.1, 0.15) is 34.3 Å². The van der Waals surface area contributed by atoms with E-state index in [-0.39, 0.29) is 24.3 Å². The molecule has 3 aromatic rings. The highest BCUT2D eigenvalue weighted by Crippen LogP contribution is 2.30. The normalized spacial score (nSPS) is 14.4. The molecule has 11 nitrogen and oxygen atoms in total. The van der Waals surface area contributed by atoms with Crippen molar-refractivity contribution in [3.8, 4) is 11.5 Å². The minimum absolute atomic E-state index is 0.0209. The van der Waals surface area contributed by atoms with Gasteiger partial charge in [0.15, 0.2) is 11.6 Å². The number of hydrogen-bond donors (Lipinski definition) is 2. The fraction of sp³-hybridized carbons (Fsp3) is 0.478. The summed E-state index contributed by atoms with van der Waals surface area (Å²) in [6.45, 7) is 3.19. The van der Waals surface area contributed by atoms with Gasteiger partial charge in [0, 0.05) is 37.6 Å². The quantitative estimate of drug-likeness (QED) is 0.361. The van der Waals surface area contributed by atoms with E-state index >= 15 is 0 Å². The second-order valence-corrected chi connectivity index (χ2v) is 8.87. The zero-order valence-corrected chi connectivity index (χ0v) is 20.3. The highest BCUT2D eigenvalue weighted by molar-refractivity contribution is 7.10. The number of piperidine rings is 1. The fourth-order valence-electron chi connectivity index (χ4n) is 3.69. The number of carbonyl (C=O) groups excluding carboxylic acids is 2. The molecular formula is C23H29N5O6S. The van der Waals surface area contributed by atoms with Crippen LogP contribution in [0.5, 0.6) is 0 Å². The van der Waals surface area contributed by atoms with Gasteiger partial charge in [-0.3, -0.25) is 14.7 Å². The summed E-state index contributed by atoms with van der Waals surface area (Å²) in [5.41, 5.74) is 1.03. The Morgan fingerprint density at radius 2 is 2.03 bits per heavy atom. The number of furan rings is 1. The average Bonchev–Trinajstić information content (AvgIpc) is 3.65. The Morgan fingerprint density at radius 1 is 1.23 bits per heavy atom. The Morgan fingerprint density at radius 3 is 2.80 bits per heavy atom. The highest BCUT2D eigenvalue weighted by atomic mass is 32.1. The highest BCUT2D eigenvalue weighted by Gasteiger charge is 2.26. The largest absolute Gasteiger partial charge is 0.463 e. The fourth-order valence-corrected chi connectivity index (χ4v) is 4.66. The van der Waals surface area contributed by atoms with Gasteiger partial charge in [-0.2, -0.15) is 5.10 Å². The predicted molar refractivity (Wildman–Crippen MR) is 128 cm³/mol. The van der Waals surface area contributed by atoms with Crippen LogP contribution in [-0.2, 0) is 19.0 Å². The van der Waals surface area contributed by atoms with E-state index in [1.807, 2.05) is 4.90 Å². The standard InChI is InChI=1S/C23H29N5O6S/c1-31-9-10-32-11-12-33-14-21(29)28-6-4-16(5-7-28)23-24-18(15-35-23)22(30)25-20-13-17(26-27-20)19-3-2-8-34-19/h2-3,8,13,15-16H,4-7,9-12,14H2,1H3,(H2,25,26,27,30). The van der Waals surface area contributed by atoms with Gasteiger partial charge in [-0.1, -0.05) is 0 Å². The average molecular weight is 504 g/mol. The maximum atomic E-state index is 12.6. The predicted octanol–water partition coefficient (Wildman–Crippen LogP) is 2.76. The number of nitrogens with one attached hydrogen (secondary N) is 2. The zero-order chi connectivity index (χ0) is 24.5. The van der Waals surface area contributed by atoms with Crippen molar-refractivity contribution >= 4 is 29.0 Å². The molecule has 1 aliphatic rings. The number of H-pyrrole nitrogens is 1. The molecule has 0 unspecified atom stereocenters. The van der Waals surface area contributed by atoms with Crippen LogP contribution < -0.4 is 5.32 Å². The van der Waals surface area contributed by atoms with Crippen LogP contribution >= 0.6 is 11.3 Å². The molecule has 35 heavy (non-hydrogen) atoms. The molecule has 1 fully saturated rings. The van der Waals surface area contributed by atoms with Gasteiger partial charge in [0.1, 0.15) is 18.0 Å². The smallest absolute Gasteiger partial charge is 0.276 e. The molecule has 188 valence electrons. The second-order valence-electron chi connectivity index (χ2n) is 7.98. The molecule has 0 aliphatic carbocycles. The molecule has 0 saturated carbocycles. The third kappa shape index (κ3) is 6.98. The van der Waals surface area contributed by atoms with Crippen LogP contribution in [0.15, 0.2) is 34.3 Å². The molecule has 1 saturated heterocycles. The van der Waals surface area contributed by atoms with Crippen LogP contribution in [-0.4, -0.2) is 85.1 Å². The van der Waals surface area contributed by atoms with Gasteiger partial charge >= 0.3 is 0 Å². The first-order valence-corrected chi connectivity index (χ1v) is 12.3. The maximum Gasteiger partial charge on any atom is 0.276 e. The van der Waals surface area contributed by atoms with Crippen molar-refractivity contribution in [3.05, 3.63) is 40.5 Å². The topological polar surface area (TPSA) is 132 Å². The number of aromatic amines is 1. The molecule has 0 spiro atoms. The molecule has 3 aromatic heterocycles. The Labute approximate surface area is 206 Å². The van der Waals surface area contributed by atoms with Gasteiger partial charge in [0.05, 0.1) is 37.7 Å². The van der Waals surface area contributed by atoms with Crippen molar-refractivity contribution in [3.63, 3.8) is 0 Å². The number of aromatic nitrogens is 3. The number of anilines is 1. The maximum absolute atomic E-state index is 12.6. The van der Waals surface area contributed by atoms with Crippen molar-refractivity contribution < 1.29 is 28.2 Å². The van der Waals surface area contributed by atoms with Gasteiger partial charge in [0.25, 0.3) is 5.91 Å². The summed E-state index contributed by atoms with van der Waals surface area (Å²) in [7, 11) is 1.62. The molecule has 1 aliphatic heterocycles. The summed E-state index contributed by atoms with van der Waals surface area (Å²) in [4.78, 5) is 31.4. The number of methoxy groups -OCH3 is 1. The van der Waals surface area contributed by atoms with E-state index in [1.54, 1.807) is 37.0 Å². The molecule has 4 heterocycles. The van der Waals surface area contributed by atoms with E-state index in [0.29, 0.717) is 62.5 Å². The lowest BCUT2D eigenvalue weighted by Crippen LogP contribution is -2.40. The van der Waals surface area contributed by atoms with E-state index in [2.05, 4.69) is 20.5 Å². The Kier molecular flexibility index (Phi) is 9.01.